The number of hydrogen-bond donors (Lipinski definition) is 1. The minimum absolute atomic E-state index is 0.341. The van der Waals surface area contributed by atoms with Gasteiger partial charge in [0.2, 0.25) is 0 Å². The number of rotatable bonds is 4. The number of anilines is 1. The number of methoxy groups -OCH3 is 1. The van der Waals surface area contributed by atoms with Gasteiger partial charge in [0.25, 0.3) is 0 Å². The second-order valence-electron chi connectivity index (χ2n) is 5.07. The fourth-order valence-electron chi connectivity index (χ4n) is 2.46. The normalized spacial score (nSPS) is 20.0. The first-order chi connectivity index (χ1) is 9.19. The number of carbonyl (C=O) groups is 1. The first-order valence-electron chi connectivity index (χ1n) is 6.66. The number of likely N-dealkylation sites (tertiary alicyclic amines) is 1. The molecule has 19 heavy (non-hydrogen) atoms. The third kappa shape index (κ3) is 3.92. The topological polar surface area (TPSA) is 54.5 Å². The van der Waals surface area contributed by atoms with Crippen molar-refractivity contribution >= 4 is 11.7 Å². The summed E-state index contributed by atoms with van der Waals surface area (Å²) < 4.78 is 4.66. The minimum atomic E-state index is -0.402. The molecule has 1 saturated heterocycles. The van der Waals surface area contributed by atoms with Gasteiger partial charge in [-0.2, -0.15) is 0 Å². The van der Waals surface area contributed by atoms with Gasteiger partial charge in [-0.15, -0.1) is 0 Å². The van der Waals surface area contributed by atoms with Crippen LogP contribution in [0.4, 0.5) is 5.69 Å². The molecule has 1 aliphatic rings. The molecule has 1 aromatic heterocycles. The number of nitrogens with zero attached hydrogens (tertiary/aromatic N) is 2. The number of ether oxygens (including phenoxy) is 1. The average molecular weight is 263 g/mol. The molecule has 1 aromatic rings. The van der Waals surface area contributed by atoms with Crippen LogP contribution in [0.1, 0.15) is 23.3 Å². The molecule has 0 bridgehead atoms. The Morgan fingerprint density at radius 2 is 2.47 bits per heavy atom. The van der Waals surface area contributed by atoms with Gasteiger partial charge < -0.3 is 15.0 Å². The van der Waals surface area contributed by atoms with Gasteiger partial charge in [0.15, 0.2) is 0 Å². The largest absolute Gasteiger partial charge is 0.464 e. The number of hydrogen-bond acceptors (Lipinski definition) is 5. The first-order valence-corrected chi connectivity index (χ1v) is 6.66. The van der Waals surface area contributed by atoms with Crippen LogP contribution in [-0.2, 0) is 4.74 Å². The highest BCUT2D eigenvalue weighted by atomic mass is 16.5. The molecule has 5 heteroatoms. The first kappa shape index (κ1) is 13.8. The summed E-state index contributed by atoms with van der Waals surface area (Å²) in [6.45, 7) is 3.25. The van der Waals surface area contributed by atoms with Crippen molar-refractivity contribution in [2.24, 2.45) is 5.92 Å². The SMILES string of the molecule is COC(=O)c1cc(NCC2CCCN(C)C2)ccn1. The third-order valence-corrected chi connectivity index (χ3v) is 3.47. The fraction of sp³-hybridized carbons (Fsp3) is 0.571. The van der Waals surface area contributed by atoms with E-state index in [2.05, 4.69) is 27.0 Å². The van der Waals surface area contributed by atoms with Crippen LogP contribution >= 0.6 is 0 Å². The highest BCUT2D eigenvalue weighted by molar-refractivity contribution is 5.88. The molecule has 0 spiro atoms. The highest BCUT2D eigenvalue weighted by Gasteiger charge is 2.17. The molecule has 1 N–H and O–H groups in total. The summed E-state index contributed by atoms with van der Waals surface area (Å²) in [5, 5.41) is 3.38. The van der Waals surface area contributed by atoms with E-state index in [1.165, 1.54) is 26.5 Å². The minimum Gasteiger partial charge on any atom is -0.464 e. The second kappa shape index (κ2) is 6.52. The number of pyridine rings is 1. The van der Waals surface area contributed by atoms with Crippen molar-refractivity contribution in [1.29, 1.82) is 0 Å². The Kier molecular flexibility index (Phi) is 4.74. The van der Waals surface area contributed by atoms with Crippen LogP contribution in [0, 0.1) is 5.92 Å². The average Bonchev–Trinajstić information content (AvgIpc) is 2.45. The molecular weight excluding hydrogens is 242 g/mol. The van der Waals surface area contributed by atoms with Crippen molar-refractivity contribution in [2.75, 3.05) is 39.1 Å². The molecule has 2 heterocycles. The summed E-state index contributed by atoms with van der Waals surface area (Å²) in [7, 11) is 3.52. The molecule has 0 saturated carbocycles. The number of esters is 1. The van der Waals surface area contributed by atoms with Crippen molar-refractivity contribution < 1.29 is 9.53 Å². The van der Waals surface area contributed by atoms with Gasteiger partial charge in [0.1, 0.15) is 5.69 Å². The van der Waals surface area contributed by atoms with Gasteiger partial charge in [-0.1, -0.05) is 0 Å². The Labute approximate surface area is 114 Å². The molecule has 1 atom stereocenters. The molecule has 0 amide bonds. The Hall–Kier alpha value is -1.62. The van der Waals surface area contributed by atoms with E-state index in [1.807, 2.05) is 6.07 Å². The number of nitrogens with one attached hydrogen (secondary N) is 1. The smallest absolute Gasteiger partial charge is 0.356 e. The predicted molar refractivity (Wildman–Crippen MR) is 74.3 cm³/mol. The lowest BCUT2D eigenvalue weighted by atomic mass is 9.98. The van der Waals surface area contributed by atoms with Crippen LogP contribution in [0.15, 0.2) is 18.3 Å². The second-order valence-corrected chi connectivity index (χ2v) is 5.07. The fourth-order valence-corrected chi connectivity index (χ4v) is 2.46. The van der Waals surface area contributed by atoms with Crippen LogP contribution in [0.3, 0.4) is 0 Å². The van der Waals surface area contributed by atoms with E-state index in [1.54, 1.807) is 12.3 Å². The summed E-state index contributed by atoms with van der Waals surface area (Å²) in [4.78, 5) is 17.8. The van der Waals surface area contributed by atoms with E-state index in [-0.39, 0.29) is 0 Å². The lowest BCUT2D eigenvalue weighted by molar-refractivity contribution is 0.0594. The molecule has 0 aliphatic carbocycles. The molecule has 1 fully saturated rings. The van der Waals surface area contributed by atoms with Crippen LogP contribution in [0.25, 0.3) is 0 Å². The van der Waals surface area contributed by atoms with Crippen molar-refractivity contribution in [3.63, 3.8) is 0 Å². The van der Waals surface area contributed by atoms with Crippen molar-refractivity contribution in [1.82, 2.24) is 9.88 Å². The summed E-state index contributed by atoms with van der Waals surface area (Å²) in [6.07, 6.45) is 4.14. The zero-order valence-corrected chi connectivity index (χ0v) is 11.6. The van der Waals surface area contributed by atoms with E-state index >= 15 is 0 Å². The maximum absolute atomic E-state index is 11.4. The molecule has 1 unspecified atom stereocenters. The third-order valence-electron chi connectivity index (χ3n) is 3.47. The zero-order chi connectivity index (χ0) is 13.7. The van der Waals surface area contributed by atoms with Crippen LogP contribution in [0.2, 0.25) is 0 Å². The maximum Gasteiger partial charge on any atom is 0.356 e. The van der Waals surface area contributed by atoms with Gasteiger partial charge in [0, 0.05) is 25.0 Å². The van der Waals surface area contributed by atoms with E-state index in [0.717, 1.165) is 18.8 Å². The lowest BCUT2D eigenvalue weighted by Crippen LogP contribution is -2.35. The molecule has 0 aromatic carbocycles. The Bertz CT molecular complexity index is 436. The van der Waals surface area contributed by atoms with E-state index in [4.69, 9.17) is 0 Å². The van der Waals surface area contributed by atoms with Gasteiger partial charge in [0.05, 0.1) is 7.11 Å². The van der Waals surface area contributed by atoms with E-state index in [9.17, 15) is 4.79 Å². The van der Waals surface area contributed by atoms with Crippen molar-refractivity contribution in [3.05, 3.63) is 24.0 Å². The Morgan fingerprint density at radius 1 is 1.63 bits per heavy atom. The lowest BCUT2D eigenvalue weighted by Gasteiger charge is -2.29. The number of aromatic nitrogens is 1. The van der Waals surface area contributed by atoms with Crippen molar-refractivity contribution in [2.45, 2.75) is 12.8 Å². The monoisotopic (exact) mass is 263 g/mol. The predicted octanol–water partition coefficient (Wildman–Crippen LogP) is 1.62. The molecule has 2 rings (SSSR count). The summed E-state index contributed by atoms with van der Waals surface area (Å²) in [5.41, 5.74) is 1.26. The van der Waals surface area contributed by atoms with E-state index < -0.39 is 5.97 Å². The Morgan fingerprint density at radius 3 is 3.21 bits per heavy atom. The van der Waals surface area contributed by atoms with Crippen LogP contribution in [-0.4, -0.2) is 49.6 Å². The van der Waals surface area contributed by atoms with E-state index in [0.29, 0.717) is 11.6 Å². The summed E-state index contributed by atoms with van der Waals surface area (Å²) in [5.74, 6) is 0.259. The summed E-state index contributed by atoms with van der Waals surface area (Å²) >= 11 is 0. The molecule has 0 radical (unpaired) electrons. The molecule has 1 aliphatic heterocycles. The molecule has 5 nitrogen and oxygen atoms in total. The number of carbonyl (C=O) groups excluding carboxylic acids is 1. The standard InChI is InChI=1S/C14H21N3O2/c1-17-7-3-4-11(10-17)9-16-12-5-6-15-13(8-12)14(18)19-2/h5-6,8,11H,3-4,7,9-10H2,1-2H3,(H,15,16). The zero-order valence-electron chi connectivity index (χ0n) is 11.6. The van der Waals surface area contributed by atoms with Gasteiger partial charge >= 0.3 is 5.97 Å². The quantitative estimate of drug-likeness (QED) is 0.837. The van der Waals surface area contributed by atoms with Gasteiger partial charge in [-0.25, -0.2) is 9.78 Å². The molecular formula is C14H21N3O2. The highest BCUT2D eigenvalue weighted by Crippen LogP contribution is 2.16. The summed E-state index contributed by atoms with van der Waals surface area (Å²) in [6, 6.07) is 3.61. The van der Waals surface area contributed by atoms with Crippen LogP contribution in [0.5, 0.6) is 0 Å². The van der Waals surface area contributed by atoms with Crippen LogP contribution < -0.4 is 5.32 Å². The van der Waals surface area contributed by atoms with Gasteiger partial charge in [-0.05, 0) is 44.5 Å². The number of piperidine rings is 1. The Balaban J connectivity index is 1.90. The maximum atomic E-state index is 11.4. The van der Waals surface area contributed by atoms with Crippen molar-refractivity contribution in [3.8, 4) is 0 Å². The van der Waals surface area contributed by atoms with Gasteiger partial charge in [-0.3, -0.25) is 0 Å². The molecule has 104 valence electrons.